The Morgan fingerprint density at radius 3 is 2.84 bits per heavy atom. The lowest BCUT2D eigenvalue weighted by Crippen LogP contribution is -2.43. The van der Waals surface area contributed by atoms with Crippen molar-refractivity contribution in [1.82, 2.24) is 15.6 Å². The van der Waals surface area contributed by atoms with Gasteiger partial charge in [-0.05, 0) is 13.0 Å². The number of ether oxygens (including phenoxy) is 2. The monoisotopic (exact) mass is 266 g/mol. The van der Waals surface area contributed by atoms with E-state index in [2.05, 4.69) is 20.6 Å². The maximum absolute atomic E-state index is 5.08. The maximum Gasteiger partial charge on any atom is 0.213 e. The predicted molar refractivity (Wildman–Crippen MR) is 75.5 cm³/mol. The second kappa shape index (κ2) is 8.31. The Morgan fingerprint density at radius 2 is 2.21 bits per heavy atom. The molecule has 0 aromatic carbocycles. The minimum absolute atomic E-state index is 0.189. The number of rotatable bonds is 6. The molecule has 6 nitrogen and oxygen atoms in total. The van der Waals surface area contributed by atoms with E-state index in [1.165, 1.54) is 0 Å². The predicted octanol–water partition coefficient (Wildman–Crippen LogP) is 0.790. The molecule has 0 fully saturated rings. The largest absolute Gasteiger partial charge is 0.481 e. The number of pyridine rings is 1. The molecule has 0 saturated carbocycles. The molecule has 19 heavy (non-hydrogen) atoms. The van der Waals surface area contributed by atoms with Crippen molar-refractivity contribution in [2.75, 3.05) is 27.9 Å². The SMILES string of the molecule is CN=C(NCc1cccc(OC)n1)NC(C)COC. The first kappa shape index (κ1) is 15.2. The lowest BCUT2D eigenvalue weighted by Gasteiger charge is -2.17. The van der Waals surface area contributed by atoms with Crippen LogP contribution in [0.15, 0.2) is 23.2 Å². The van der Waals surface area contributed by atoms with Crippen molar-refractivity contribution in [3.63, 3.8) is 0 Å². The molecule has 0 aliphatic carbocycles. The Hall–Kier alpha value is -1.82. The third-order valence-corrected chi connectivity index (χ3v) is 2.45. The fourth-order valence-electron chi connectivity index (χ4n) is 1.56. The van der Waals surface area contributed by atoms with Gasteiger partial charge in [0.1, 0.15) is 0 Å². The summed E-state index contributed by atoms with van der Waals surface area (Å²) in [6.45, 7) is 3.23. The van der Waals surface area contributed by atoms with Crippen LogP contribution in [0.2, 0.25) is 0 Å². The van der Waals surface area contributed by atoms with E-state index >= 15 is 0 Å². The number of nitrogens with zero attached hydrogens (tertiary/aromatic N) is 2. The van der Waals surface area contributed by atoms with E-state index in [1.54, 1.807) is 21.3 Å². The molecule has 0 aliphatic heterocycles. The average molecular weight is 266 g/mol. The van der Waals surface area contributed by atoms with Gasteiger partial charge >= 0.3 is 0 Å². The molecule has 1 atom stereocenters. The van der Waals surface area contributed by atoms with Gasteiger partial charge in [-0.25, -0.2) is 4.98 Å². The van der Waals surface area contributed by atoms with Crippen LogP contribution in [0.25, 0.3) is 0 Å². The van der Waals surface area contributed by atoms with Crippen LogP contribution in [0.3, 0.4) is 0 Å². The van der Waals surface area contributed by atoms with Crippen LogP contribution in [0.4, 0.5) is 0 Å². The highest BCUT2D eigenvalue weighted by Gasteiger charge is 2.05. The number of nitrogens with one attached hydrogen (secondary N) is 2. The number of aromatic nitrogens is 1. The second-order valence-corrected chi connectivity index (χ2v) is 4.10. The van der Waals surface area contributed by atoms with Gasteiger partial charge in [0.05, 0.1) is 26.0 Å². The first-order valence-electron chi connectivity index (χ1n) is 6.15. The van der Waals surface area contributed by atoms with E-state index in [-0.39, 0.29) is 6.04 Å². The van der Waals surface area contributed by atoms with Crippen molar-refractivity contribution in [1.29, 1.82) is 0 Å². The molecule has 0 saturated heterocycles. The number of hydrogen-bond acceptors (Lipinski definition) is 4. The van der Waals surface area contributed by atoms with Crippen LogP contribution in [-0.4, -0.2) is 44.9 Å². The van der Waals surface area contributed by atoms with Crippen molar-refractivity contribution in [2.45, 2.75) is 19.5 Å². The molecule has 106 valence electrons. The lowest BCUT2D eigenvalue weighted by atomic mass is 10.3. The number of hydrogen-bond donors (Lipinski definition) is 2. The highest BCUT2D eigenvalue weighted by Crippen LogP contribution is 2.05. The summed E-state index contributed by atoms with van der Waals surface area (Å²) in [6, 6.07) is 5.85. The summed E-state index contributed by atoms with van der Waals surface area (Å²) in [4.78, 5) is 8.47. The average Bonchev–Trinajstić information content (AvgIpc) is 2.44. The molecule has 1 unspecified atom stereocenters. The summed E-state index contributed by atoms with van der Waals surface area (Å²) in [7, 11) is 5.01. The number of aliphatic imine (C=N–C) groups is 1. The van der Waals surface area contributed by atoms with Crippen LogP contribution in [-0.2, 0) is 11.3 Å². The minimum atomic E-state index is 0.189. The molecule has 1 aromatic rings. The smallest absolute Gasteiger partial charge is 0.213 e. The Kier molecular flexibility index (Phi) is 6.67. The zero-order chi connectivity index (χ0) is 14.1. The van der Waals surface area contributed by atoms with Gasteiger partial charge in [0, 0.05) is 26.3 Å². The summed E-state index contributed by atoms with van der Waals surface area (Å²) in [5, 5.41) is 6.41. The van der Waals surface area contributed by atoms with Gasteiger partial charge in [0.25, 0.3) is 0 Å². The van der Waals surface area contributed by atoms with Gasteiger partial charge in [-0.3, -0.25) is 4.99 Å². The molecule has 0 spiro atoms. The fourth-order valence-corrected chi connectivity index (χ4v) is 1.56. The van der Waals surface area contributed by atoms with Crippen molar-refractivity contribution in [3.8, 4) is 5.88 Å². The zero-order valence-electron chi connectivity index (χ0n) is 11.9. The third kappa shape index (κ3) is 5.56. The van der Waals surface area contributed by atoms with Crippen LogP contribution < -0.4 is 15.4 Å². The highest BCUT2D eigenvalue weighted by molar-refractivity contribution is 5.79. The highest BCUT2D eigenvalue weighted by atomic mass is 16.5. The van der Waals surface area contributed by atoms with E-state index in [0.717, 1.165) is 5.69 Å². The molecular formula is C13H22N4O2. The summed E-state index contributed by atoms with van der Waals surface area (Å²) < 4.78 is 10.2. The topological polar surface area (TPSA) is 67.8 Å². The van der Waals surface area contributed by atoms with Gasteiger partial charge in [-0.2, -0.15) is 0 Å². The first-order valence-corrected chi connectivity index (χ1v) is 6.15. The van der Waals surface area contributed by atoms with E-state index in [4.69, 9.17) is 9.47 Å². The standard InChI is InChI=1S/C13H22N4O2/c1-10(9-18-3)16-13(14-2)15-8-11-6-5-7-12(17-11)19-4/h5-7,10H,8-9H2,1-4H3,(H2,14,15,16). The molecule has 0 radical (unpaired) electrons. The normalized spacial score (nSPS) is 12.9. The number of methoxy groups -OCH3 is 2. The van der Waals surface area contributed by atoms with Gasteiger partial charge < -0.3 is 20.1 Å². The van der Waals surface area contributed by atoms with Crippen LogP contribution in [0.1, 0.15) is 12.6 Å². The molecule has 0 amide bonds. The van der Waals surface area contributed by atoms with Gasteiger partial charge in [-0.15, -0.1) is 0 Å². The molecule has 1 heterocycles. The first-order chi connectivity index (χ1) is 9.19. The fraction of sp³-hybridized carbons (Fsp3) is 0.538. The molecule has 1 rings (SSSR count). The maximum atomic E-state index is 5.08. The Labute approximate surface area is 114 Å². The van der Waals surface area contributed by atoms with E-state index in [9.17, 15) is 0 Å². The molecule has 1 aromatic heterocycles. The van der Waals surface area contributed by atoms with Crippen LogP contribution in [0.5, 0.6) is 5.88 Å². The second-order valence-electron chi connectivity index (χ2n) is 4.10. The van der Waals surface area contributed by atoms with Crippen molar-refractivity contribution in [3.05, 3.63) is 23.9 Å². The third-order valence-electron chi connectivity index (χ3n) is 2.45. The Balaban J connectivity index is 2.49. The van der Waals surface area contributed by atoms with Gasteiger partial charge in [0.15, 0.2) is 5.96 Å². The van der Waals surface area contributed by atoms with E-state index in [0.29, 0.717) is 25.0 Å². The van der Waals surface area contributed by atoms with Gasteiger partial charge in [0.2, 0.25) is 5.88 Å². The van der Waals surface area contributed by atoms with E-state index in [1.807, 2.05) is 25.1 Å². The molecule has 2 N–H and O–H groups in total. The molecule has 0 bridgehead atoms. The van der Waals surface area contributed by atoms with E-state index < -0.39 is 0 Å². The minimum Gasteiger partial charge on any atom is -0.481 e. The lowest BCUT2D eigenvalue weighted by molar-refractivity contribution is 0.179. The summed E-state index contributed by atoms with van der Waals surface area (Å²) in [5.41, 5.74) is 0.890. The molecule has 0 aliphatic rings. The van der Waals surface area contributed by atoms with Crippen molar-refractivity contribution < 1.29 is 9.47 Å². The zero-order valence-corrected chi connectivity index (χ0v) is 11.9. The quantitative estimate of drug-likeness (QED) is 0.588. The summed E-state index contributed by atoms with van der Waals surface area (Å²) in [6.07, 6.45) is 0. The van der Waals surface area contributed by atoms with Crippen LogP contribution >= 0.6 is 0 Å². The van der Waals surface area contributed by atoms with Crippen molar-refractivity contribution in [2.24, 2.45) is 4.99 Å². The van der Waals surface area contributed by atoms with Gasteiger partial charge in [-0.1, -0.05) is 6.07 Å². The molecule has 6 heteroatoms. The van der Waals surface area contributed by atoms with Crippen molar-refractivity contribution >= 4 is 5.96 Å². The number of guanidine groups is 1. The summed E-state index contributed by atoms with van der Waals surface area (Å²) >= 11 is 0. The Morgan fingerprint density at radius 1 is 1.42 bits per heavy atom. The molecular weight excluding hydrogens is 244 g/mol. The summed E-state index contributed by atoms with van der Waals surface area (Å²) in [5.74, 6) is 1.32. The van der Waals surface area contributed by atoms with Crippen LogP contribution in [0, 0.1) is 0 Å². The Bertz CT molecular complexity index is 409.